The number of allylic oxidation sites excluding steroid dienone is 1. The van der Waals surface area contributed by atoms with E-state index in [0.29, 0.717) is 21.6 Å². The molecule has 140 valence electrons. The summed E-state index contributed by atoms with van der Waals surface area (Å²) in [7, 11) is 0. The molecule has 0 radical (unpaired) electrons. The average Bonchev–Trinajstić information content (AvgIpc) is 3.04. The molecule has 0 aliphatic rings. The number of benzene rings is 1. The summed E-state index contributed by atoms with van der Waals surface area (Å²) in [6, 6.07) is 5.42. The number of thioether (sulfide) groups is 1. The lowest BCUT2D eigenvalue weighted by atomic mass is 10.1. The molecule has 2 aromatic heterocycles. The molecule has 27 heavy (non-hydrogen) atoms. The molecule has 0 saturated carbocycles. The summed E-state index contributed by atoms with van der Waals surface area (Å²) in [6.45, 7) is 9.59. The van der Waals surface area contributed by atoms with E-state index in [1.54, 1.807) is 16.6 Å². The number of amides is 1. The van der Waals surface area contributed by atoms with Crippen molar-refractivity contribution >= 4 is 40.7 Å². The lowest BCUT2D eigenvalue weighted by Gasteiger charge is -2.08. The van der Waals surface area contributed by atoms with Gasteiger partial charge in [-0.15, -0.1) is 11.7 Å². The number of anilines is 1. The van der Waals surface area contributed by atoms with E-state index < -0.39 is 0 Å². The van der Waals surface area contributed by atoms with Gasteiger partial charge in [0.05, 0.1) is 5.75 Å². The Balaban J connectivity index is 1.73. The topological polar surface area (TPSA) is 72.2 Å². The molecule has 1 aromatic carbocycles. The summed E-state index contributed by atoms with van der Waals surface area (Å²) in [5.74, 6) is 0.587. The fraction of sp³-hybridized carbons (Fsp3) is 0.263. The van der Waals surface area contributed by atoms with Crippen LogP contribution < -0.4 is 5.32 Å². The van der Waals surface area contributed by atoms with Crippen LogP contribution in [0.2, 0.25) is 5.02 Å². The molecule has 0 aliphatic heterocycles. The zero-order valence-electron chi connectivity index (χ0n) is 15.4. The molecule has 0 fully saturated rings. The number of halogens is 1. The van der Waals surface area contributed by atoms with E-state index in [0.717, 1.165) is 28.9 Å². The van der Waals surface area contributed by atoms with Gasteiger partial charge in [-0.25, -0.2) is 9.50 Å². The van der Waals surface area contributed by atoms with Crippen molar-refractivity contribution < 1.29 is 4.79 Å². The van der Waals surface area contributed by atoms with Crippen molar-refractivity contribution in [3.63, 3.8) is 0 Å². The van der Waals surface area contributed by atoms with Crippen LogP contribution in [0.25, 0.3) is 5.78 Å². The predicted molar refractivity (Wildman–Crippen MR) is 110 cm³/mol. The number of nitrogens with zero attached hydrogens (tertiary/aromatic N) is 4. The van der Waals surface area contributed by atoms with Gasteiger partial charge in [0.1, 0.15) is 0 Å². The average molecular weight is 402 g/mol. The van der Waals surface area contributed by atoms with E-state index in [1.807, 2.05) is 32.9 Å². The second-order valence-corrected chi connectivity index (χ2v) is 7.46. The Hall–Kier alpha value is -2.38. The summed E-state index contributed by atoms with van der Waals surface area (Å²) >= 11 is 7.35. The van der Waals surface area contributed by atoms with Crippen molar-refractivity contribution in [1.29, 1.82) is 0 Å². The third-order valence-corrected chi connectivity index (χ3v) is 5.50. The minimum atomic E-state index is -0.141. The van der Waals surface area contributed by atoms with Crippen LogP contribution >= 0.6 is 23.4 Å². The number of aryl methyl sites for hydroxylation is 2. The highest BCUT2D eigenvalue weighted by atomic mass is 35.5. The van der Waals surface area contributed by atoms with Crippen LogP contribution in [0.15, 0.2) is 36.0 Å². The predicted octanol–water partition coefficient (Wildman–Crippen LogP) is 4.16. The fourth-order valence-electron chi connectivity index (χ4n) is 2.75. The number of rotatable bonds is 6. The fourth-order valence-corrected chi connectivity index (χ4v) is 3.54. The molecular weight excluding hydrogens is 382 g/mol. The monoisotopic (exact) mass is 401 g/mol. The van der Waals surface area contributed by atoms with Crippen LogP contribution in [0.4, 0.5) is 5.69 Å². The molecule has 3 rings (SSSR count). The quantitative estimate of drug-likeness (QED) is 0.496. The third kappa shape index (κ3) is 4.14. The molecule has 0 aliphatic carbocycles. The largest absolute Gasteiger partial charge is 0.325 e. The lowest BCUT2D eigenvalue weighted by molar-refractivity contribution is -0.113. The minimum Gasteiger partial charge on any atom is -0.325 e. The molecule has 3 aromatic rings. The molecule has 1 N–H and O–H groups in total. The molecule has 2 heterocycles. The summed E-state index contributed by atoms with van der Waals surface area (Å²) < 4.78 is 1.72. The van der Waals surface area contributed by atoms with Crippen molar-refractivity contribution in [3.05, 3.63) is 58.4 Å². The minimum absolute atomic E-state index is 0.141. The Bertz CT molecular complexity index is 1030. The van der Waals surface area contributed by atoms with Gasteiger partial charge in [-0.3, -0.25) is 4.79 Å². The van der Waals surface area contributed by atoms with Crippen molar-refractivity contribution in [2.24, 2.45) is 0 Å². The zero-order chi connectivity index (χ0) is 19.6. The second kappa shape index (κ2) is 8.10. The number of carbonyl (C=O) groups is 1. The van der Waals surface area contributed by atoms with Crippen LogP contribution in [0.3, 0.4) is 0 Å². The Labute approximate surface area is 167 Å². The molecule has 0 atom stereocenters. The third-order valence-electron chi connectivity index (χ3n) is 4.25. The van der Waals surface area contributed by atoms with Gasteiger partial charge in [0.2, 0.25) is 11.1 Å². The van der Waals surface area contributed by atoms with E-state index in [-0.39, 0.29) is 11.7 Å². The highest BCUT2D eigenvalue weighted by Gasteiger charge is 2.14. The van der Waals surface area contributed by atoms with Gasteiger partial charge < -0.3 is 5.32 Å². The maximum absolute atomic E-state index is 12.3. The van der Waals surface area contributed by atoms with Gasteiger partial charge >= 0.3 is 0 Å². The van der Waals surface area contributed by atoms with Crippen LogP contribution in [0.1, 0.15) is 22.5 Å². The summed E-state index contributed by atoms with van der Waals surface area (Å²) in [5, 5.41) is 8.48. The number of fused-ring (bicyclic) bond motifs is 1. The van der Waals surface area contributed by atoms with Crippen molar-refractivity contribution in [2.75, 3.05) is 11.1 Å². The summed E-state index contributed by atoms with van der Waals surface area (Å²) in [4.78, 5) is 21.2. The first-order chi connectivity index (χ1) is 12.9. The Morgan fingerprint density at radius 1 is 1.33 bits per heavy atom. The Kier molecular flexibility index (Phi) is 5.82. The number of hydrogen-bond acceptors (Lipinski definition) is 5. The first kappa shape index (κ1) is 19.4. The summed E-state index contributed by atoms with van der Waals surface area (Å²) in [5.41, 5.74) is 4.54. The summed E-state index contributed by atoms with van der Waals surface area (Å²) in [6.07, 6.45) is 2.57. The highest BCUT2D eigenvalue weighted by Crippen LogP contribution is 2.24. The smallest absolute Gasteiger partial charge is 0.253 e. The molecule has 0 unspecified atom stereocenters. The van der Waals surface area contributed by atoms with Gasteiger partial charge in [0, 0.05) is 22.1 Å². The number of nitrogens with one attached hydrogen (secondary N) is 1. The van der Waals surface area contributed by atoms with Gasteiger partial charge in [-0.2, -0.15) is 4.98 Å². The molecule has 0 spiro atoms. The van der Waals surface area contributed by atoms with E-state index in [9.17, 15) is 4.79 Å². The zero-order valence-corrected chi connectivity index (χ0v) is 17.0. The van der Waals surface area contributed by atoms with Gasteiger partial charge in [-0.1, -0.05) is 35.5 Å². The normalized spacial score (nSPS) is 11.0. The van der Waals surface area contributed by atoms with Crippen molar-refractivity contribution in [2.45, 2.75) is 32.3 Å². The Morgan fingerprint density at radius 3 is 2.85 bits per heavy atom. The second-order valence-electron chi connectivity index (χ2n) is 6.11. The van der Waals surface area contributed by atoms with Crippen LogP contribution in [-0.4, -0.2) is 31.2 Å². The van der Waals surface area contributed by atoms with Crippen molar-refractivity contribution in [1.82, 2.24) is 19.6 Å². The van der Waals surface area contributed by atoms with Gasteiger partial charge in [0.25, 0.3) is 5.78 Å². The van der Waals surface area contributed by atoms with E-state index >= 15 is 0 Å². The van der Waals surface area contributed by atoms with E-state index in [1.165, 1.54) is 11.8 Å². The number of carbonyl (C=O) groups excluding carboxylic acids is 1. The van der Waals surface area contributed by atoms with Gasteiger partial charge in [0.15, 0.2) is 0 Å². The van der Waals surface area contributed by atoms with Crippen molar-refractivity contribution in [3.8, 4) is 0 Å². The van der Waals surface area contributed by atoms with Crippen LogP contribution in [0, 0.1) is 20.8 Å². The van der Waals surface area contributed by atoms with Gasteiger partial charge in [-0.05, 0) is 50.5 Å². The first-order valence-electron chi connectivity index (χ1n) is 8.42. The molecule has 8 heteroatoms. The molecule has 1 amide bonds. The van der Waals surface area contributed by atoms with Crippen LogP contribution in [-0.2, 0) is 11.2 Å². The SMILES string of the molecule is C=CCc1c(C)nc2nc(SCC(=O)Nc3cccc(Cl)c3C)nn2c1C. The number of aromatic nitrogens is 4. The van der Waals surface area contributed by atoms with Crippen LogP contribution in [0.5, 0.6) is 0 Å². The van der Waals surface area contributed by atoms with E-state index in [2.05, 4.69) is 27.0 Å². The molecule has 6 nitrogen and oxygen atoms in total. The standard InChI is InChI=1S/C19H20ClN5OS/c1-5-7-14-12(3)21-18-23-19(24-25(18)13(14)4)27-10-17(26)22-16-9-6-8-15(20)11(16)2/h5-6,8-9H,1,7,10H2,2-4H3,(H,22,26). The maximum atomic E-state index is 12.3. The lowest BCUT2D eigenvalue weighted by Crippen LogP contribution is -2.15. The highest BCUT2D eigenvalue weighted by molar-refractivity contribution is 7.99. The number of hydrogen-bond donors (Lipinski definition) is 1. The first-order valence-corrected chi connectivity index (χ1v) is 9.78. The Morgan fingerprint density at radius 2 is 2.11 bits per heavy atom. The molecule has 0 saturated heterocycles. The van der Waals surface area contributed by atoms with E-state index in [4.69, 9.17) is 11.6 Å². The maximum Gasteiger partial charge on any atom is 0.253 e. The molecular formula is C19H20ClN5OS. The molecule has 0 bridgehead atoms.